The SMILES string of the molecule is CCNC(=NCCNC(=O)CC1CCCCC1)NC1CC2CCC1O2. The van der Waals surface area contributed by atoms with Crippen molar-refractivity contribution in [1.82, 2.24) is 16.0 Å². The van der Waals surface area contributed by atoms with Crippen molar-refractivity contribution in [3.05, 3.63) is 0 Å². The van der Waals surface area contributed by atoms with E-state index in [1.807, 2.05) is 0 Å². The number of fused-ring (bicyclic) bond motifs is 2. The van der Waals surface area contributed by atoms with Gasteiger partial charge in [-0.1, -0.05) is 19.3 Å². The van der Waals surface area contributed by atoms with E-state index in [0.717, 1.165) is 25.3 Å². The maximum Gasteiger partial charge on any atom is 0.220 e. The lowest BCUT2D eigenvalue weighted by molar-refractivity contribution is -0.122. The van der Waals surface area contributed by atoms with Crippen LogP contribution in [0.3, 0.4) is 0 Å². The van der Waals surface area contributed by atoms with E-state index < -0.39 is 0 Å². The zero-order valence-corrected chi connectivity index (χ0v) is 15.6. The Hall–Kier alpha value is -1.30. The van der Waals surface area contributed by atoms with Gasteiger partial charge >= 0.3 is 0 Å². The number of carbonyl (C=O) groups excluding carboxylic acids is 1. The van der Waals surface area contributed by atoms with Gasteiger partial charge in [0.05, 0.1) is 24.8 Å². The summed E-state index contributed by atoms with van der Waals surface area (Å²) in [6, 6.07) is 0.373. The first kappa shape index (κ1) is 18.5. The number of nitrogens with one attached hydrogen (secondary N) is 3. The molecule has 0 radical (unpaired) electrons. The second kappa shape index (κ2) is 9.41. The smallest absolute Gasteiger partial charge is 0.220 e. The molecule has 2 heterocycles. The van der Waals surface area contributed by atoms with Crippen LogP contribution >= 0.6 is 0 Å². The monoisotopic (exact) mass is 350 g/mol. The minimum absolute atomic E-state index is 0.182. The van der Waals surface area contributed by atoms with E-state index in [9.17, 15) is 4.79 Å². The summed E-state index contributed by atoms with van der Waals surface area (Å²) in [7, 11) is 0. The molecule has 1 aliphatic carbocycles. The fourth-order valence-electron chi connectivity index (χ4n) is 4.37. The predicted octanol–water partition coefficient (Wildman–Crippen LogP) is 1.95. The summed E-state index contributed by atoms with van der Waals surface area (Å²) in [6.45, 7) is 4.12. The maximum atomic E-state index is 12.0. The maximum absolute atomic E-state index is 12.0. The fraction of sp³-hybridized carbons (Fsp3) is 0.895. The highest BCUT2D eigenvalue weighted by Gasteiger charge is 2.41. The number of nitrogens with zero attached hydrogens (tertiary/aromatic N) is 1. The van der Waals surface area contributed by atoms with Gasteiger partial charge in [0.15, 0.2) is 5.96 Å². The highest BCUT2D eigenvalue weighted by atomic mass is 16.5. The van der Waals surface area contributed by atoms with Gasteiger partial charge in [-0.15, -0.1) is 0 Å². The van der Waals surface area contributed by atoms with Crippen LogP contribution < -0.4 is 16.0 Å². The summed E-state index contributed by atoms with van der Waals surface area (Å²) in [5.74, 6) is 1.61. The zero-order chi connectivity index (χ0) is 17.5. The number of hydrogen-bond donors (Lipinski definition) is 3. The average molecular weight is 351 g/mol. The van der Waals surface area contributed by atoms with Crippen molar-refractivity contribution in [2.75, 3.05) is 19.6 Å². The quantitative estimate of drug-likeness (QED) is 0.373. The van der Waals surface area contributed by atoms with Crippen molar-refractivity contribution in [2.45, 2.75) is 83.0 Å². The third-order valence-corrected chi connectivity index (χ3v) is 5.68. The third-order valence-electron chi connectivity index (χ3n) is 5.68. The molecule has 142 valence electrons. The second-order valence-electron chi connectivity index (χ2n) is 7.68. The van der Waals surface area contributed by atoms with Crippen molar-refractivity contribution >= 4 is 11.9 Å². The molecule has 0 spiro atoms. The Labute approximate surface area is 151 Å². The lowest BCUT2D eigenvalue weighted by Crippen LogP contribution is -2.47. The third kappa shape index (κ3) is 5.59. The molecule has 3 aliphatic rings. The largest absolute Gasteiger partial charge is 0.373 e. The van der Waals surface area contributed by atoms with Gasteiger partial charge in [-0.25, -0.2) is 0 Å². The minimum Gasteiger partial charge on any atom is -0.373 e. The first-order valence-electron chi connectivity index (χ1n) is 10.2. The molecule has 6 heteroatoms. The van der Waals surface area contributed by atoms with Crippen molar-refractivity contribution in [2.24, 2.45) is 10.9 Å². The zero-order valence-electron chi connectivity index (χ0n) is 15.6. The number of ether oxygens (including phenoxy) is 1. The Morgan fingerprint density at radius 1 is 1.12 bits per heavy atom. The Bertz CT molecular complexity index is 462. The van der Waals surface area contributed by atoms with E-state index in [2.05, 4.69) is 27.9 Å². The van der Waals surface area contributed by atoms with Gasteiger partial charge in [0.25, 0.3) is 0 Å². The lowest BCUT2D eigenvalue weighted by atomic mass is 9.87. The molecule has 2 saturated heterocycles. The van der Waals surface area contributed by atoms with Gasteiger partial charge < -0.3 is 20.7 Å². The predicted molar refractivity (Wildman–Crippen MR) is 99.6 cm³/mol. The number of hydrogen-bond acceptors (Lipinski definition) is 3. The van der Waals surface area contributed by atoms with Crippen LogP contribution in [0, 0.1) is 5.92 Å². The van der Waals surface area contributed by atoms with Crippen LogP contribution in [0.25, 0.3) is 0 Å². The minimum atomic E-state index is 0.182. The van der Waals surface area contributed by atoms with E-state index in [0.29, 0.717) is 43.7 Å². The number of amides is 1. The summed E-state index contributed by atoms with van der Waals surface area (Å²) in [6.07, 6.45) is 11.2. The van der Waals surface area contributed by atoms with Crippen LogP contribution in [0.5, 0.6) is 0 Å². The number of rotatable bonds is 7. The molecule has 1 amide bonds. The Morgan fingerprint density at radius 2 is 1.96 bits per heavy atom. The first-order valence-corrected chi connectivity index (χ1v) is 10.2. The fourth-order valence-corrected chi connectivity index (χ4v) is 4.37. The molecule has 0 aromatic rings. The molecule has 25 heavy (non-hydrogen) atoms. The molecule has 3 unspecified atom stereocenters. The Balaban J connectivity index is 1.35. The molecule has 6 nitrogen and oxygen atoms in total. The van der Waals surface area contributed by atoms with Crippen molar-refractivity contribution in [3.63, 3.8) is 0 Å². The van der Waals surface area contributed by atoms with Crippen LogP contribution in [0.2, 0.25) is 0 Å². The molecular weight excluding hydrogens is 316 g/mol. The van der Waals surface area contributed by atoms with Crippen molar-refractivity contribution < 1.29 is 9.53 Å². The highest BCUT2D eigenvalue weighted by molar-refractivity contribution is 5.80. The molecule has 2 bridgehead atoms. The van der Waals surface area contributed by atoms with E-state index >= 15 is 0 Å². The van der Waals surface area contributed by atoms with Crippen molar-refractivity contribution in [3.8, 4) is 0 Å². The molecule has 2 aliphatic heterocycles. The van der Waals surface area contributed by atoms with Crippen molar-refractivity contribution in [1.29, 1.82) is 0 Å². The number of aliphatic imine (C=N–C) groups is 1. The molecule has 3 fully saturated rings. The van der Waals surface area contributed by atoms with Crippen LogP contribution in [0.4, 0.5) is 0 Å². The molecule has 3 N–H and O–H groups in total. The molecule has 0 aromatic heterocycles. The number of carbonyl (C=O) groups is 1. The summed E-state index contributed by atoms with van der Waals surface area (Å²) in [4.78, 5) is 16.6. The van der Waals surface area contributed by atoms with Gasteiger partial charge in [0, 0.05) is 19.5 Å². The standard InChI is InChI=1S/C19H34N4O2/c1-2-20-19(23-16-13-15-8-9-17(16)25-15)22-11-10-21-18(24)12-14-6-4-3-5-7-14/h14-17H,2-13H2,1H3,(H,21,24)(H2,20,22,23). The molecule has 1 saturated carbocycles. The molecule has 0 aromatic carbocycles. The summed E-state index contributed by atoms with van der Waals surface area (Å²) >= 11 is 0. The normalized spacial score (nSPS) is 29.6. The summed E-state index contributed by atoms with van der Waals surface area (Å²) < 4.78 is 5.89. The highest BCUT2D eigenvalue weighted by Crippen LogP contribution is 2.34. The van der Waals surface area contributed by atoms with Gasteiger partial charge in [0.2, 0.25) is 5.91 Å². The van der Waals surface area contributed by atoms with E-state index in [-0.39, 0.29) is 5.91 Å². The Morgan fingerprint density at radius 3 is 2.64 bits per heavy atom. The van der Waals surface area contributed by atoms with Gasteiger partial charge in [-0.3, -0.25) is 9.79 Å². The summed E-state index contributed by atoms with van der Waals surface area (Å²) in [5, 5.41) is 9.82. The van der Waals surface area contributed by atoms with Gasteiger partial charge in [0.1, 0.15) is 0 Å². The lowest BCUT2D eigenvalue weighted by Gasteiger charge is -2.22. The molecular formula is C19H34N4O2. The van der Waals surface area contributed by atoms with Gasteiger partial charge in [-0.2, -0.15) is 0 Å². The number of guanidine groups is 1. The van der Waals surface area contributed by atoms with Crippen LogP contribution in [-0.2, 0) is 9.53 Å². The van der Waals surface area contributed by atoms with E-state index in [1.54, 1.807) is 0 Å². The van der Waals surface area contributed by atoms with Crippen LogP contribution in [0.15, 0.2) is 4.99 Å². The second-order valence-corrected chi connectivity index (χ2v) is 7.68. The first-order chi connectivity index (χ1) is 12.2. The van der Waals surface area contributed by atoms with Crippen LogP contribution in [0.1, 0.15) is 64.7 Å². The van der Waals surface area contributed by atoms with E-state index in [1.165, 1.54) is 38.5 Å². The van der Waals surface area contributed by atoms with Crippen LogP contribution in [-0.4, -0.2) is 49.8 Å². The van der Waals surface area contributed by atoms with E-state index in [4.69, 9.17) is 4.74 Å². The average Bonchev–Trinajstić information content (AvgIpc) is 3.22. The Kier molecular flexibility index (Phi) is 6.96. The van der Waals surface area contributed by atoms with Gasteiger partial charge in [-0.05, 0) is 44.9 Å². The molecule has 3 atom stereocenters. The topological polar surface area (TPSA) is 74.8 Å². The molecule has 3 rings (SSSR count). The summed E-state index contributed by atoms with van der Waals surface area (Å²) in [5.41, 5.74) is 0.